The van der Waals surface area contributed by atoms with Gasteiger partial charge >= 0.3 is 5.97 Å². The SMILES string of the molecule is COC(=O)C(N)c1cc2cccc(Cl)c2n1C(C)C. The number of carbonyl (C=O) groups excluding carboxylic acids is 1. The van der Waals surface area contributed by atoms with Gasteiger partial charge in [-0.15, -0.1) is 0 Å². The van der Waals surface area contributed by atoms with Crippen LogP contribution in [-0.2, 0) is 9.53 Å². The first kappa shape index (κ1) is 13.9. The molecule has 0 radical (unpaired) electrons. The van der Waals surface area contributed by atoms with E-state index in [9.17, 15) is 4.79 Å². The molecule has 2 rings (SSSR count). The summed E-state index contributed by atoms with van der Waals surface area (Å²) < 4.78 is 6.70. The van der Waals surface area contributed by atoms with Crippen LogP contribution in [0.2, 0.25) is 5.02 Å². The molecule has 19 heavy (non-hydrogen) atoms. The normalized spacial score (nSPS) is 12.9. The molecule has 1 unspecified atom stereocenters. The number of carbonyl (C=O) groups is 1. The summed E-state index contributed by atoms with van der Waals surface area (Å²) in [7, 11) is 1.33. The van der Waals surface area contributed by atoms with Gasteiger partial charge in [0.15, 0.2) is 0 Å². The Hall–Kier alpha value is -1.52. The van der Waals surface area contributed by atoms with Crippen molar-refractivity contribution in [1.82, 2.24) is 4.57 Å². The Labute approximate surface area is 117 Å². The van der Waals surface area contributed by atoms with Gasteiger partial charge in [-0.3, -0.25) is 0 Å². The van der Waals surface area contributed by atoms with Gasteiger partial charge in [-0.05, 0) is 26.0 Å². The second-order valence-electron chi connectivity index (χ2n) is 4.71. The van der Waals surface area contributed by atoms with Gasteiger partial charge in [0.1, 0.15) is 6.04 Å². The number of nitrogens with two attached hydrogens (primary N) is 1. The molecule has 0 saturated carbocycles. The highest BCUT2D eigenvalue weighted by Crippen LogP contribution is 2.32. The van der Waals surface area contributed by atoms with Crippen molar-refractivity contribution < 1.29 is 9.53 Å². The van der Waals surface area contributed by atoms with Crippen molar-refractivity contribution in [3.63, 3.8) is 0 Å². The molecule has 1 aromatic carbocycles. The Morgan fingerprint density at radius 2 is 2.11 bits per heavy atom. The maximum Gasteiger partial charge on any atom is 0.328 e. The summed E-state index contributed by atoms with van der Waals surface area (Å²) in [6, 6.07) is 6.88. The molecule has 0 spiro atoms. The molecule has 2 aromatic rings. The fourth-order valence-corrected chi connectivity index (χ4v) is 2.58. The van der Waals surface area contributed by atoms with E-state index in [4.69, 9.17) is 22.1 Å². The number of rotatable bonds is 3. The van der Waals surface area contributed by atoms with Crippen LogP contribution in [0.15, 0.2) is 24.3 Å². The topological polar surface area (TPSA) is 57.2 Å². The molecule has 1 heterocycles. The quantitative estimate of drug-likeness (QED) is 0.879. The van der Waals surface area contributed by atoms with Crippen LogP contribution in [0, 0.1) is 0 Å². The van der Waals surface area contributed by atoms with Gasteiger partial charge < -0.3 is 15.0 Å². The molecule has 0 aliphatic carbocycles. The molecular weight excluding hydrogens is 264 g/mol. The number of aromatic nitrogens is 1. The number of ether oxygens (including phenoxy) is 1. The molecule has 0 saturated heterocycles. The van der Waals surface area contributed by atoms with E-state index in [-0.39, 0.29) is 6.04 Å². The maximum absolute atomic E-state index is 11.7. The summed E-state index contributed by atoms with van der Waals surface area (Å²) in [6.07, 6.45) is 0. The van der Waals surface area contributed by atoms with E-state index in [0.717, 1.165) is 10.9 Å². The average Bonchev–Trinajstić information content (AvgIpc) is 2.77. The van der Waals surface area contributed by atoms with E-state index in [1.54, 1.807) is 0 Å². The molecule has 4 nitrogen and oxygen atoms in total. The Bertz CT molecular complexity index is 619. The molecule has 0 fully saturated rings. The van der Waals surface area contributed by atoms with E-state index in [2.05, 4.69) is 0 Å². The van der Waals surface area contributed by atoms with Crippen LogP contribution < -0.4 is 5.73 Å². The highest BCUT2D eigenvalue weighted by atomic mass is 35.5. The maximum atomic E-state index is 11.7. The first-order valence-electron chi connectivity index (χ1n) is 6.10. The van der Waals surface area contributed by atoms with Crippen molar-refractivity contribution in [3.05, 3.63) is 35.0 Å². The van der Waals surface area contributed by atoms with Gasteiger partial charge in [-0.25, -0.2) is 4.79 Å². The van der Waals surface area contributed by atoms with E-state index in [0.29, 0.717) is 10.7 Å². The Kier molecular flexibility index (Phi) is 3.83. The van der Waals surface area contributed by atoms with E-state index >= 15 is 0 Å². The first-order chi connectivity index (χ1) is 8.97. The van der Waals surface area contributed by atoms with Gasteiger partial charge in [0.2, 0.25) is 0 Å². The molecule has 102 valence electrons. The van der Waals surface area contributed by atoms with Crippen LogP contribution in [0.25, 0.3) is 10.9 Å². The molecule has 0 aliphatic rings. The lowest BCUT2D eigenvalue weighted by Crippen LogP contribution is -2.25. The Balaban J connectivity index is 2.71. The number of halogens is 1. The number of benzene rings is 1. The molecule has 2 N–H and O–H groups in total. The minimum absolute atomic E-state index is 0.142. The third-order valence-electron chi connectivity index (χ3n) is 3.13. The molecule has 0 aliphatic heterocycles. The summed E-state index contributed by atoms with van der Waals surface area (Å²) in [4.78, 5) is 11.7. The lowest BCUT2D eigenvalue weighted by molar-refractivity contribution is -0.142. The fourth-order valence-electron chi connectivity index (χ4n) is 2.30. The Morgan fingerprint density at radius 3 is 2.68 bits per heavy atom. The zero-order valence-electron chi connectivity index (χ0n) is 11.2. The number of hydrogen-bond acceptors (Lipinski definition) is 3. The molecule has 1 atom stereocenters. The van der Waals surface area contributed by atoms with Crippen molar-refractivity contribution in [2.75, 3.05) is 7.11 Å². The molecule has 0 bridgehead atoms. The van der Waals surface area contributed by atoms with Crippen molar-refractivity contribution in [1.29, 1.82) is 0 Å². The third kappa shape index (κ3) is 2.33. The lowest BCUT2D eigenvalue weighted by Gasteiger charge is -2.18. The van der Waals surface area contributed by atoms with Crippen LogP contribution in [0.1, 0.15) is 31.6 Å². The summed E-state index contributed by atoms with van der Waals surface area (Å²) >= 11 is 6.26. The summed E-state index contributed by atoms with van der Waals surface area (Å²) in [5.74, 6) is -0.458. The van der Waals surface area contributed by atoms with Gasteiger partial charge in [0.05, 0.1) is 17.6 Å². The van der Waals surface area contributed by atoms with E-state index in [1.165, 1.54) is 7.11 Å². The van der Waals surface area contributed by atoms with Crippen molar-refractivity contribution in [3.8, 4) is 0 Å². The molecule has 5 heteroatoms. The molecular formula is C14H17ClN2O2. The smallest absolute Gasteiger partial charge is 0.328 e. The van der Waals surface area contributed by atoms with Crippen LogP contribution in [-0.4, -0.2) is 17.6 Å². The van der Waals surface area contributed by atoms with Gasteiger partial charge in [-0.2, -0.15) is 0 Å². The van der Waals surface area contributed by atoms with Crippen LogP contribution in [0.3, 0.4) is 0 Å². The average molecular weight is 281 g/mol. The number of hydrogen-bond donors (Lipinski definition) is 1. The van der Waals surface area contributed by atoms with Crippen LogP contribution >= 0.6 is 11.6 Å². The van der Waals surface area contributed by atoms with Crippen LogP contribution in [0.4, 0.5) is 0 Å². The first-order valence-corrected chi connectivity index (χ1v) is 6.48. The summed E-state index contributed by atoms with van der Waals surface area (Å²) in [5, 5.41) is 1.62. The zero-order valence-corrected chi connectivity index (χ0v) is 11.9. The predicted molar refractivity (Wildman–Crippen MR) is 76.3 cm³/mol. The number of nitrogens with zero attached hydrogens (tertiary/aromatic N) is 1. The minimum atomic E-state index is -0.809. The minimum Gasteiger partial charge on any atom is -0.468 e. The molecule has 0 amide bonds. The molecule has 1 aromatic heterocycles. The lowest BCUT2D eigenvalue weighted by atomic mass is 10.2. The summed E-state index contributed by atoms with van der Waals surface area (Å²) in [6.45, 7) is 4.05. The monoisotopic (exact) mass is 280 g/mol. The zero-order chi connectivity index (χ0) is 14.2. The number of esters is 1. The fraction of sp³-hybridized carbons (Fsp3) is 0.357. The van der Waals surface area contributed by atoms with Crippen molar-refractivity contribution in [2.45, 2.75) is 25.9 Å². The number of methoxy groups -OCH3 is 1. The van der Waals surface area contributed by atoms with E-state index in [1.807, 2.05) is 42.7 Å². The van der Waals surface area contributed by atoms with Gasteiger partial charge in [-0.1, -0.05) is 23.7 Å². The van der Waals surface area contributed by atoms with Gasteiger partial charge in [0, 0.05) is 17.1 Å². The second-order valence-corrected chi connectivity index (χ2v) is 5.12. The number of para-hydroxylation sites is 1. The third-order valence-corrected chi connectivity index (χ3v) is 3.44. The van der Waals surface area contributed by atoms with E-state index < -0.39 is 12.0 Å². The largest absolute Gasteiger partial charge is 0.468 e. The second kappa shape index (κ2) is 5.23. The number of fused-ring (bicyclic) bond motifs is 1. The van der Waals surface area contributed by atoms with Crippen molar-refractivity contribution >= 4 is 28.5 Å². The Morgan fingerprint density at radius 1 is 1.42 bits per heavy atom. The highest BCUT2D eigenvalue weighted by molar-refractivity contribution is 6.35. The predicted octanol–water partition coefficient (Wildman–Crippen LogP) is 3.05. The standard InChI is InChI=1S/C14H17ClN2O2/c1-8(2)17-11(12(16)14(18)19-3)7-9-5-4-6-10(15)13(9)17/h4-8,12H,16H2,1-3H3. The van der Waals surface area contributed by atoms with Gasteiger partial charge in [0.25, 0.3) is 0 Å². The van der Waals surface area contributed by atoms with Crippen LogP contribution in [0.5, 0.6) is 0 Å². The summed E-state index contributed by atoms with van der Waals surface area (Å²) in [5.41, 5.74) is 7.57. The van der Waals surface area contributed by atoms with Crippen molar-refractivity contribution in [2.24, 2.45) is 5.73 Å². The highest BCUT2D eigenvalue weighted by Gasteiger charge is 2.24.